The highest BCUT2D eigenvalue weighted by molar-refractivity contribution is 9.09. The molecule has 0 amide bonds. The first-order valence-corrected chi connectivity index (χ1v) is 5.81. The highest BCUT2D eigenvalue weighted by Crippen LogP contribution is 2.12. The summed E-state index contributed by atoms with van der Waals surface area (Å²) in [6.45, 7) is 5.55. The van der Waals surface area contributed by atoms with Gasteiger partial charge >= 0.3 is 0 Å². The van der Waals surface area contributed by atoms with Crippen molar-refractivity contribution in [1.82, 2.24) is 4.90 Å². The van der Waals surface area contributed by atoms with Crippen molar-refractivity contribution in [3.05, 3.63) is 0 Å². The van der Waals surface area contributed by atoms with Crippen LogP contribution in [0.4, 0.5) is 0 Å². The van der Waals surface area contributed by atoms with Crippen LogP contribution in [-0.2, 0) is 0 Å². The normalized spacial score (nSPS) is 24.2. The van der Waals surface area contributed by atoms with E-state index >= 15 is 0 Å². The third kappa shape index (κ3) is 3.42. The van der Waals surface area contributed by atoms with Crippen molar-refractivity contribution in [2.24, 2.45) is 5.92 Å². The van der Waals surface area contributed by atoms with E-state index < -0.39 is 0 Å². The molecule has 1 atom stereocenters. The zero-order valence-corrected chi connectivity index (χ0v) is 9.26. The van der Waals surface area contributed by atoms with Crippen LogP contribution in [0.2, 0.25) is 0 Å². The van der Waals surface area contributed by atoms with Crippen LogP contribution in [-0.4, -0.2) is 41.1 Å². The Hall–Kier alpha value is 0.400. The molecule has 0 aromatic rings. The molecule has 1 fully saturated rings. The van der Waals surface area contributed by atoms with Crippen LogP contribution < -0.4 is 0 Å². The van der Waals surface area contributed by atoms with E-state index in [-0.39, 0.29) is 6.10 Å². The van der Waals surface area contributed by atoms with Gasteiger partial charge < -0.3 is 10.0 Å². The van der Waals surface area contributed by atoms with E-state index in [1.165, 1.54) is 0 Å². The summed E-state index contributed by atoms with van der Waals surface area (Å²) in [7, 11) is 0. The molecular weight excluding hydrogens is 218 g/mol. The second-order valence-electron chi connectivity index (χ2n) is 3.79. The first-order valence-electron chi connectivity index (χ1n) is 4.68. The molecule has 2 nitrogen and oxygen atoms in total. The van der Waals surface area contributed by atoms with Crippen LogP contribution in [0.1, 0.15) is 19.8 Å². The summed E-state index contributed by atoms with van der Waals surface area (Å²) in [6.07, 6.45) is 1.87. The lowest BCUT2D eigenvalue weighted by Crippen LogP contribution is -2.38. The van der Waals surface area contributed by atoms with Gasteiger partial charge in [-0.1, -0.05) is 22.9 Å². The molecule has 1 aliphatic heterocycles. The largest absolute Gasteiger partial charge is 0.393 e. The Kier molecular flexibility index (Phi) is 4.54. The number of aliphatic hydroxyl groups is 1. The molecule has 1 heterocycles. The van der Waals surface area contributed by atoms with Crippen molar-refractivity contribution in [1.29, 1.82) is 0 Å². The minimum Gasteiger partial charge on any atom is -0.393 e. The number of rotatable bonds is 3. The summed E-state index contributed by atoms with van der Waals surface area (Å²) < 4.78 is 0. The SMILES string of the molecule is CC(CBr)CN1CCC(O)CC1. The third-order valence-electron chi connectivity index (χ3n) is 2.39. The van der Waals surface area contributed by atoms with Crippen molar-refractivity contribution in [2.45, 2.75) is 25.9 Å². The molecule has 0 saturated carbocycles. The molecule has 1 unspecified atom stereocenters. The average molecular weight is 236 g/mol. The predicted octanol–water partition coefficient (Wildman–Crippen LogP) is 1.47. The second-order valence-corrected chi connectivity index (χ2v) is 4.44. The average Bonchev–Trinajstić information content (AvgIpc) is 2.09. The standard InChI is InChI=1S/C9H18BrNO/c1-8(6-10)7-11-4-2-9(12)3-5-11/h8-9,12H,2-7H2,1H3. The van der Waals surface area contributed by atoms with Crippen molar-refractivity contribution < 1.29 is 5.11 Å². The van der Waals surface area contributed by atoms with Crippen molar-refractivity contribution in [3.63, 3.8) is 0 Å². The zero-order chi connectivity index (χ0) is 8.97. The Morgan fingerprint density at radius 1 is 1.50 bits per heavy atom. The second kappa shape index (κ2) is 5.20. The Labute approximate surface area is 83.1 Å². The van der Waals surface area contributed by atoms with Gasteiger partial charge in [-0.05, 0) is 18.8 Å². The van der Waals surface area contributed by atoms with Crippen LogP contribution in [0.5, 0.6) is 0 Å². The van der Waals surface area contributed by atoms with Gasteiger partial charge in [0.2, 0.25) is 0 Å². The zero-order valence-electron chi connectivity index (χ0n) is 7.67. The van der Waals surface area contributed by atoms with Crippen LogP contribution in [0.3, 0.4) is 0 Å². The maximum Gasteiger partial charge on any atom is 0.0564 e. The molecular formula is C9H18BrNO. The number of halogens is 1. The quantitative estimate of drug-likeness (QED) is 0.750. The molecule has 0 aromatic heterocycles. The summed E-state index contributed by atoms with van der Waals surface area (Å²) >= 11 is 3.48. The van der Waals surface area contributed by atoms with Gasteiger partial charge in [0.05, 0.1) is 6.10 Å². The fraction of sp³-hybridized carbons (Fsp3) is 1.00. The van der Waals surface area contributed by atoms with E-state index in [0.717, 1.165) is 43.7 Å². The highest BCUT2D eigenvalue weighted by atomic mass is 79.9. The number of piperidine rings is 1. The van der Waals surface area contributed by atoms with E-state index in [1.54, 1.807) is 0 Å². The molecule has 1 N–H and O–H groups in total. The van der Waals surface area contributed by atoms with Crippen LogP contribution >= 0.6 is 15.9 Å². The van der Waals surface area contributed by atoms with Gasteiger partial charge in [-0.15, -0.1) is 0 Å². The molecule has 3 heteroatoms. The Morgan fingerprint density at radius 2 is 2.08 bits per heavy atom. The highest BCUT2D eigenvalue weighted by Gasteiger charge is 2.17. The van der Waals surface area contributed by atoms with E-state index in [9.17, 15) is 5.11 Å². The number of nitrogens with zero attached hydrogens (tertiary/aromatic N) is 1. The molecule has 12 heavy (non-hydrogen) atoms. The molecule has 72 valence electrons. The summed E-state index contributed by atoms with van der Waals surface area (Å²) in [5.74, 6) is 0.722. The van der Waals surface area contributed by atoms with Gasteiger partial charge in [0.15, 0.2) is 0 Å². The monoisotopic (exact) mass is 235 g/mol. The van der Waals surface area contributed by atoms with Gasteiger partial charge in [-0.2, -0.15) is 0 Å². The lowest BCUT2D eigenvalue weighted by molar-refractivity contribution is 0.0776. The van der Waals surface area contributed by atoms with Crippen LogP contribution in [0.25, 0.3) is 0 Å². The first kappa shape index (κ1) is 10.5. The van der Waals surface area contributed by atoms with Crippen molar-refractivity contribution in [2.75, 3.05) is 25.0 Å². The predicted molar refractivity (Wildman–Crippen MR) is 54.6 cm³/mol. The topological polar surface area (TPSA) is 23.5 Å². The smallest absolute Gasteiger partial charge is 0.0564 e. The summed E-state index contributed by atoms with van der Waals surface area (Å²) in [5.41, 5.74) is 0. The van der Waals surface area contributed by atoms with E-state index in [4.69, 9.17) is 0 Å². The maximum absolute atomic E-state index is 9.28. The Balaban J connectivity index is 2.17. The van der Waals surface area contributed by atoms with E-state index in [0.29, 0.717) is 0 Å². The third-order valence-corrected chi connectivity index (χ3v) is 3.50. The van der Waals surface area contributed by atoms with E-state index in [1.807, 2.05) is 0 Å². The van der Waals surface area contributed by atoms with Gasteiger partial charge in [0.25, 0.3) is 0 Å². The molecule has 0 spiro atoms. The molecule has 0 aromatic carbocycles. The lowest BCUT2D eigenvalue weighted by atomic mass is 10.1. The first-order chi connectivity index (χ1) is 5.72. The fourth-order valence-electron chi connectivity index (χ4n) is 1.59. The number of hydrogen-bond donors (Lipinski definition) is 1. The number of alkyl halides is 1. The fourth-order valence-corrected chi connectivity index (χ4v) is 1.80. The molecule has 1 rings (SSSR count). The van der Waals surface area contributed by atoms with Crippen LogP contribution in [0, 0.1) is 5.92 Å². The minimum atomic E-state index is -0.0412. The Morgan fingerprint density at radius 3 is 2.58 bits per heavy atom. The molecule has 0 aliphatic carbocycles. The Bertz CT molecular complexity index is 124. The number of aliphatic hydroxyl groups excluding tert-OH is 1. The van der Waals surface area contributed by atoms with Gasteiger partial charge in [-0.25, -0.2) is 0 Å². The lowest BCUT2D eigenvalue weighted by Gasteiger charge is -2.31. The van der Waals surface area contributed by atoms with Gasteiger partial charge in [-0.3, -0.25) is 0 Å². The number of likely N-dealkylation sites (tertiary alicyclic amines) is 1. The minimum absolute atomic E-state index is 0.0412. The molecule has 1 aliphatic rings. The summed E-state index contributed by atoms with van der Waals surface area (Å²) in [5, 5.41) is 10.4. The molecule has 0 bridgehead atoms. The van der Waals surface area contributed by atoms with Gasteiger partial charge in [0, 0.05) is 25.0 Å². The molecule has 1 saturated heterocycles. The van der Waals surface area contributed by atoms with Crippen molar-refractivity contribution >= 4 is 15.9 Å². The maximum atomic E-state index is 9.28. The van der Waals surface area contributed by atoms with E-state index in [2.05, 4.69) is 27.8 Å². The molecule has 0 radical (unpaired) electrons. The summed E-state index contributed by atoms with van der Waals surface area (Å²) in [4.78, 5) is 2.44. The number of hydrogen-bond acceptors (Lipinski definition) is 2. The summed E-state index contributed by atoms with van der Waals surface area (Å²) in [6, 6.07) is 0. The van der Waals surface area contributed by atoms with Gasteiger partial charge in [0.1, 0.15) is 0 Å². The van der Waals surface area contributed by atoms with Crippen molar-refractivity contribution in [3.8, 4) is 0 Å². The van der Waals surface area contributed by atoms with Crippen LogP contribution in [0.15, 0.2) is 0 Å².